The molecule has 0 bridgehead atoms. The number of hydrogen-bond acceptors (Lipinski definition) is 4. The van der Waals surface area contributed by atoms with Crippen LogP contribution in [0.1, 0.15) is 37.2 Å². The van der Waals surface area contributed by atoms with Crippen molar-refractivity contribution in [1.82, 2.24) is 15.1 Å². The Morgan fingerprint density at radius 3 is 2.34 bits per heavy atom. The highest BCUT2D eigenvalue weighted by molar-refractivity contribution is 5.88. The minimum absolute atomic E-state index is 0.0171. The third-order valence-electron chi connectivity index (χ3n) is 7.07. The molecular weight excluding hydrogens is 415 g/mol. The Hall–Kier alpha value is -3.15. The zero-order valence-electron chi connectivity index (χ0n) is 17.8. The summed E-state index contributed by atoms with van der Waals surface area (Å²) in [5.74, 6) is -0.820. The molecule has 1 aromatic carbocycles. The average molecular weight is 442 g/mol. The summed E-state index contributed by atoms with van der Waals surface area (Å²) in [5.41, 5.74) is 0.0453. The van der Waals surface area contributed by atoms with E-state index in [9.17, 15) is 24.0 Å². The van der Waals surface area contributed by atoms with Gasteiger partial charge in [0.2, 0.25) is 11.8 Å². The van der Waals surface area contributed by atoms with E-state index >= 15 is 0 Å². The maximum Gasteiger partial charge on any atom is 0.404 e. The fraction of sp³-hybridized carbons (Fsp3) is 0.565. The number of piperidine rings is 1. The van der Waals surface area contributed by atoms with Gasteiger partial charge in [0.15, 0.2) is 0 Å². The molecule has 1 aromatic rings. The number of hydrogen-bond donors (Lipinski definition) is 2. The number of nitrogens with one attached hydrogen (secondary N) is 1. The van der Waals surface area contributed by atoms with Crippen molar-refractivity contribution in [3.63, 3.8) is 0 Å². The molecule has 2 N–H and O–H groups in total. The highest BCUT2D eigenvalue weighted by Crippen LogP contribution is 2.47. The molecule has 3 aliphatic rings. The van der Waals surface area contributed by atoms with E-state index in [2.05, 4.69) is 11.4 Å². The summed E-state index contributed by atoms with van der Waals surface area (Å²) in [4.78, 5) is 40.3. The summed E-state index contributed by atoms with van der Waals surface area (Å²) in [6.07, 6.45) is 1.23. The lowest BCUT2D eigenvalue weighted by Gasteiger charge is -2.34. The number of halogens is 1. The number of likely N-dealkylation sites (tertiary alicyclic amines) is 2. The van der Waals surface area contributed by atoms with Crippen molar-refractivity contribution in [3.05, 3.63) is 35.6 Å². The molecule has 2 atom stereocenters. The van der Waals surface area contributed by atoms with Crippen molar-refractivity contribution < 1.29 is 23.9 Å². The summed E-state index contributed by atoms with van der Waals surface area (Å²) in [5, 5.41) is 20.7. The Labute approximate surface area is 186 Å². The molecule has 3 fully saturated rings. The second-order valence-electron chi connectivity index (χ2n) is 9.11. The van der Waals surface area contributed by atoms with Crippen LogP contribution in [0, 0.1) is 34.4 Å². The van der Waals surface area contributed by atoms with E-state index in [-0.39, 0.29) is 41.9 Å². The number of carbonyl (C=O) groups excluding carboxylic acids is 2. The first kappa shape index (κ1) is 22.1. The van der Waals surface area contributed by atoms with Gasteiger partial charge in [-0.3, -0.25) is 9.59 Å². The molecule has 2 aliphatic heterocycles. The molecule has 32 heavy (non-hydrogen) atoms. The van der Waals surface area contributed by atoms with Crippen LogP contribution in [-0.2, 0) is 9.59 Å². The van der Waals surface area contributed by atoms with Gasteiger partial charge in [0.25, 0.3) is 0 Å². The third kappa shape index (κ3) is 4.40. The van der Waals surface area contributed by atoms with Crippen LogP contribution in [0.25, 0.3) is 0 Å². The first-order chi connectivity index (χ1) is 15.3. The smallest absolute Gasteiger partial charge is 0.404 e. The van der Waals surface area contributed by atoms with Crippen molar-refractivity contribution in [1.29, 1.82) is 5.26 Å². The van der Waals surface area contributed by atoms with Crippen LogP contribution in [0.2, 0.25) is 0 Å². The lowest BCUT2D eigenvalue weighted by atomic mass is 9.89. The van der Waals surface area contributed by atoms with E-state index in [1.807, 2.05) is 0 Å². The molecule has 0 spiro atoms. The van der Waals surface area contributed by atoms with Crippen molar-refractivity contribution in [2.24, 2.45) is 17.3 Å². The van der Waals surface area contributed by atoms with Gasteiger partial charge >= 0.3 is 6.09 Å². The van der Waals surface area contributed by atoms with Crippen LogP contribution in [0.15, 0.2) is 24.3 Å². The molecule has 0 radical (unpaired) electrons. The van der Waals surface area contributed by atoms with Crippen molar-refractivity contribution in [3.8, 4) is 6.07 Å². The Morgan fingerprint density at radius 1 is 1.12 bits per heavy atom. The van der Waals surface area contributed by atoms with Crippen LogP contribution >= 0.6 is 0 Å². The van der Waals surface area contributed by atoms with E-state index in [0.717, 1.165) is 5.56 Å². The molecule has 9 heteroatoms. The molecule has 0 aromatic heterocycles. The molecule has 2 saturated heterocycles. The monoisotopic (exact) mass is 442 g/mol. The van der Waals surface area contributed by atoms with Gasteiger partial charge in [0, 0.05) is 50.5 Å². The van der Waals surface area contributed by atoms with Crippen molar-refractivity contribution in [2.45, 2.75) is 31.6 Å². The van der Waals surface area contributed by atoms with E-state index in [0.29, 0.717) is 51.9 Å². The molecule has 2 heterocycles. The molecular formula is C23H27FN4O4. The minimum atomic E-state index is -1.12. The van der Waals surface area contributed by atoms with E-state index in [4.69, 9.17) is 5.11 Å². The van der Waals surface area contributed by atoms with Crippen molar-refractivity contribution in [2.75, 3.05) is 32.7 Å². The Kier molecular flexibility index (Phi) is 6.04. The van der Waals surface area contributed by atoms with Crippen LogP contribution in [0.4, 0.5) is 9.18 Å². The Bertz CT molecular complexity index is 932. The highest BCUT2D eigenvalue weighted by Gasteiger charge is 2.53. The van der Waals surface area contributed by atoms with Gasteiger partial charge in [-0.25, -0.2) is 9.18 Å². The van der Waals surface area contributed by atoms with Gasteiger partial charge in [0.05, 0.1) is 6.07 Å². The van der Waals surface area contributed by atoms with Crippen LogP contribution in [0.3, 0.4) is 0 Å². The fourth-order valence-corrected chi connectivity index (χ4v) is 4.95. The zero-order chi connectivity index (χ0) is 22.9. The van der Waals surface area contributed by atoms with Crippen LogP contribution < -0.4 is 5.32 Å². The zero-order valence-corrected chi connectivity index (χ0v) is 17.8. The molecule has 170 valence electrons. The number of carboxylic acid groups (broad SMARTS) is 1. The number of benzene rings is 1. The molecule has 3 amide bonds. The molecule has 8 nitrogen and oxygen atoms in total. The maximum atomic E-state index is 13.4. The normalized spacial score (nSPS) is 24.6. The van der Waals surface area contributed by atoms with Gasteiger partial charge < -0.3 is 20.2 Å². The number of rotatable bonds is 5. The first-order valence-electron chi connectivity index (χ1n) is 11.0. The minimum Gasteiger partial charge on any atom is -0.465 e. The quantitative estimate of drug-likeness (QED) is 0.726. The van der Waals surface area contributed by atoms with Gasteiger partial charge in [-0.15, -0.1) is 0 Å². The summed E-state index contributed by atoms with van der Waals surface area (Å²) in [6, 6.07) is 8.27. The molecule has 4 rings (SSSR count). The SMILES string of the molecule is N#CC1(C(=O)N2CCC(C(=O)N3C[C@H](CNC(=O)O)[C@H](c4ccc(F)cc4)C3)CC2)CC1. The lowest BCUT2D eigenvalue weighted by Crippen LogP contribution is -2.46. The summed E-state index contributed by atoms with van der Waals surface area (Å²) in [7, 11) is 0. The van der Waals surface area contributed by atoms with Crippen molar-refractivity contribution >= 4 is 17.9 Å². The van der Waals surface area contributed by atoms with Gasteiger partial charge in [0.1, 0.15) is 11.2 Å². The van der Waals surface area contributed by atoms with Crippen LogP contribution in [0.5, 0.6) is 0 Å². The van der Waals surface area contributed by atoms with E-state index in [1.165, 1.54) is 12.1 Å². The van der Waals surface area contributed by atoms with Gasteiger partial charge in [-0.1, -0.05) is 12.1 Å². The summed E-state index contributed by atoms with van der Waals surface area (Å²) >= 11 is 0. The Balaban J connectivity index is 1.39. The fourth-order valence-electron chi connectivity index (χ4n) is 4.95. The summed E-state index contributed by atoms with van der Waals surface area (Å²) < 4.78 is 13.4. The largest absolute Gasteiger partial charge is 0.465 e. The number of amides is 3. The third-order valence-corrected chi connectivity index (χ3v) is 7.07. The van der Waals surface area contributed by atoms with Gasteiger partial charge in [-0.2, -0.15) is 5.26 Å². The predicted molar refractivity (Wildman–Crippen MR) is 112 cm³/mol. The topological polar surface area (TPSA) is 114 Å². The number of nitrogens with zero attached hydrogens (tertiary/aromatic N) is 3. The first-order valence-corrected chi connectivity index (χ1v) is 11.0. The Morgan fingerprint density at radius 2 is 1.78 bits per heavy atom. The van der Waals surface area contributed by atoms with Gasteiger partial charge in [-0.05, 0) is 43.4 Å². The average Bonchev–Trinajstić information content (AvgIpc) is 3.49. The van der Waals surface area contributed by atoms with E-state index < -0.39 is 11.5 Å². The molecule has 1 aliphatic carbocycles. The standard InChI is InChI=1S/C23H27FN4O4/c24-18-3-1-15(2-4-18)19-13-28(12-17(19)11-26-22(31)32)20(29)16-5-9-27(10-6-16)21(30)23(14-25)7-8-23/h1-4,16-17,19,26H,5-13H2,(H,31,32)/t17-,19-/m0/s1. The lowest BCUT2D eigenvalue weighted by molar-refractivity contribution is -0.141. The highest BCUT2D eigenvalue weighted by atomic mass is 19.1. The number of nitriles is 1. The number of carbonyl (C=O) groups is 3. The maximum absolute atomic E-state index is 13.4. The second kappa shape index (κ2) is 8.77. The molecule has 0 unspecified atom stereocenters. The second-order valence-corrected chi connectivity index (χ2v) is 9.11. The van der Waals surface area contributed by atoms with Crippen LogP contribution in [-0.4, -0.2) is 65.5 Å². The summed E-state index contributed by atoms with van der Waals surface area (Å²) in [6.45, 7) is 2.03. The molecule has 1 saturated carbocycles. The van der Waals surface area contributed by atoms with E-state index in [1.54, 1.807) is 21.9 Å². The predicted octanol–water partition coefficient (Wildman–Crippen LogP) is 2.18.